The number of rotatable bonds is 5. The quantitative estimate of drug-likeness (QED) is 0.779. The first kappa shape index (κ1) is 20.5. The zero-order chi connectivity index (χ0) is 20.8. The van der Waals surface area contributed by atoms with E-state index in [0.717, 1.165) is 50.2 Å². The van der Waals surface area contributed by atoms with Crippen molar-refractivity contribution in [1.82, 2.24) is 9.88 Å². The van der Waals surface area contributed by atoms with Gasteiger partial charge in [-0.05, 0) is 31.0 Å². The number of pyridine rings is 1. The van der Waals surface area contributed by atoms with E-state index in [0.29, 0.717) is 25.4 Å². The van der Waals surface area contributed by atoms with Gasteiger partial charge in [-0.3, -0.25) is 0 Å². The van der Waals surface area contributed by atoms with Crippen LogP contribution in [-0.4, -0.2) is 53.4 Å². The van der Waals surface area contributed by atoms with E-state index in [1.54, 1.807) is 18.3 Å². The summed E-state index contributed by atoms with van der Waals surface area (Å²) in [6.45, 7) is 3.47. The average molecular weight is 411 g/mol. The van der Waals surface area contributed by atoms with E-state index in [2.05, 4.69) is 15.2 Å². The Hall–Kier alpha value is -2.80. The molecule has 30 heavy (non-hydrogen) atoms. The van der Waals surface area contributed by atoms with Crippen molar-refractivity contribution in [2.45, 2.75) is 44.7 Å². The molecule has 1 saturated heterocycles. The van der Waals surface area contributed by atoms with Gasteiger partial charge < -0.3 is 25.0 Å². The molecular formula is C23H30N4O3. The van der Waals surface area contributed by atoms with Gasteiger partial charge in [0.05, 0.1) is 31.6 Å². The van der Waals surface area contributed by atoms with Crippen molar-refractivity contribution in [3.8, 4) is 5.75 Å². The van der Waals surface area contributed by atoms with Crippen LogP contribution >= 0.6 is 0 Å². The van der Waals surface area contributed by atoms with Crippen molar-refractivity contribution in [2.75, 3.05) is 36.5 Å². The van der Waals surface area contributed by atoms with Crippen molar-refractivity contribution in [3.05, 3.63) is 48.2 Å². The summed E-state index contributed by atoms with van der Waals surface area (Å²) in [5.41, 5.74) is 1.44. The highest BCUT2D eigenvalue weighted by Gasteiger charge is 2.26. The van der Waals surface area contributed by atoms with Gasteiger partial charge in [-0.25, -0.2) is 9.78 Å². The second-order valence-corrected chi connectivity index (χ2v) is 7.98. The molecule has 0 spiro atoms. The number of benzene rings is 1. The molecule has 2 amide bonds. The molecule has 0 bridgehead atoms. The molecule has 2 heterocycles. The van der Waals surface area contributed by atoms with Crippen molar-refractivity contribution in [3.63, 3.8) is 0 Å². The van der Waals surface area contributed by atoms with Gasteiger partial charge in [-0.1, -0.05) is 37.5 Å². The molecule has 1 aromatic carbocycles. The van der Waals surface area contributed by atoms with Gasteiger partial charge >= 0.3 is 6.03 Å². The third-order valence-electron chi connectivity index (χ3n) is 5.94. The number of carbonyl (C=O) groups is 1. The minimum atomic E-state index is -0.147. The molecule has 2 aromatic rings. The number of nitrogens with one attached hydrogen (secondary N) is 1. The molecule has 4 rings (SSSR count). The Labute approximate surface area is 177 Å². The van der Waals surface area contributed by atoms with Crippen LogP contribution in [0.2, 0.25) is 0 Å². The number of hydrogen-bond acceptors (Lipinski definition) is 5. The second kappa shape index (κ2) is 9.80. The Morgan fingerprint density at radius 2 is 1.90 bits per heavy atom. The van der Waals surface area contributed by atoms with Gasteiger partial charge in [0.15, 0.2) is 0 Å². The fourth-order valence-electron chi connectivity index (χ4n) is 4.22. The second-order valence-electron chi connectivity index (χ2n) is 7.98. The van der Waals surface area contributed by atoms with E-state index >= 15 is 0 Å². The summed E-state index contributed by atoms with van der Waals surface area (Å²) in [5.74, 6) is 1.12. The fourth-order valence-corrected chi connectivity index (χ4v) is 4.22. The summed E-state index contributed by atoms with van der Waals surface area (Å²) in [6.07, 6.45) is 7.18. The molecule has 1 aliphatic carbocycles. The minimum absolute atomic E-state index is 0.147. The van der Waals surface area contributed by atoms with Crippen LogP contribution in [0.15, 0.2) is 42.6 Å². The summed E-state index contributed by atoms with van der Waals surface area (Å²) in [6, 6.07) is 11.1. The number of aromatic hydroxyl groups is 1. The number of aromatic nitrogens is 1. The topological polar surface area (TPSA) is 77.9 Å². The van der Waals surface area contributed by atoms with Gasteiger partial charge in [0.1, 0.15) is 11.6 Å². The molecule has 7 heteroatoms. The molecule has 7 nitrogen and oxygen atoms in total. The lowest BCUT2D eigenvalue weighted by Gasteiger charge is -2.34. The summed E-state index contributed by atoms with van der Waals surface area (Å²) in [4.78, 5) is 21.8. The van der Waals surface area contributed by atoms with Gasteiger partial charge in [-0.2, -0.15) is 0 Å². The molecule has 0 unspecified atom stereocenters. The van der Waals surface area contributed by atoms with Gasteiger partial charge in [0.2, 0.25) is 0 Å². The summed E-state index contributed by atoms with van der Waals surface area (Å²) < 4.78 is 5.39. The number of ether oxygens (including phenoxy) is 1. The predicted octanol–water partition coefficient (Wildman–Crippen LogP) is 3.99. The average Bonchev–Trinajstić information content (AvgIpc) is 2.80. The maximum Gasteiger partial charge on any atom is 0.322 e. The zero-order valence-electron chi connectivity index (χ0n) is 17.3. The van der Waals surface area contributed by atoms with Crippen LogP contribution in [0.3, 0.4) is 0 Å². The lowest BCUT2D eigenvalue weighted by Crippen LogP contribution is -2.43. The van der Waals surface area contributed by atoms with Crippen LogP contribution in [0, 0.1) is 0 Å². The standard InChI is InChI=1S/C23H30N4O3/c28-21-9-5-4-6-18(21)17-27(20-7-2-1-3-8-20)23(29)25-19-10-11-22(24-16-19)26-12-14-30-15-13-26/h4-6,9-11,16,20,28H,1-3,7-8,12-15,17H2,(H,25,29). The molecule has 0 atom stereocenters. The van der Waals surface area contributed by atoms with E-state index in [-0.39, 0.29) is 17.8 Å². The van der Waals surface area contributed by atoms with Crippen LogP contribution < -0.4 is 10.2 Å². The van der Waals surface area contributed by atoms with Crippen molar-refractivity contribution in [2.24, 2.45) is 0 Å². The Bertz CT molecular complexity index is 831. The SMILES string of the molecule is O=C(Nc1ccc(N2CCOCC2)nc1)N(Cc1ccccc1O)C1CCCCC1. The molecular weight excluding hydrogens is 380 g/mol. The first-order valence-electron chi connectivity index (χ1n) is 10.8. The Morgan fingerprint density at radius 1 is 1.13 bits per heavy atom. The largest absolute Gasteiger partial charge is 0.508 e. The minimum Gasteiger partial charge on any atom is -0.508 e. The van der Waals surface area contributed by atoms with Crippen LogP contribution in [0.5, 0.6) is 5.75 Å². The highest BCUT2D eigenvalue weighted by Crippen LogP contribution is 2.27. The number of phenols is 1. The first-order valence-corrected chi connectivity index (χ1v) is 10.8. The van der Waals surface area contributed by atoms with E-state index in [9.17, 15) is 9.90 Å². The summed E-state index contributed by atoms with van der Waals surface area (Å²) >= 11 is 0. The van der Waals surface area contributed by atoms with E-state index in [1.165, 1.54) is 6.42 Å². The number of para-hydroxylation sites is 1. The van der Waals surface area contributed by atoms with Crippen LogP contribution in [0.25, 0.3) is 0 Å². The molecule has 2 aliphatic rings. The number of nitrogens with zero attached hydrogens (tertiary/aromatic N) is 3. The molecule has 2 N–H and O–H groups in total. The first-order chi connectivity index (χ1) is 14.7. The number of carbonyl (C=O) groups excluding carboxylic acids is 1. The number of hydrogen-bond donors (Lipinski definition) is 2. The highest BCUT2D eigenvalue weighted by atomic mass is 16.5. The molecule has 0 radical (unpaired) electrons. The summed E-state index contributed by atoms with van der Waals surface area (Å²) in [7, 11) is 0. The van der Waals surface area contributed by atoms with Crippen LogP contribution in [0.1, 0.15) is 37.7 Å². The maximum absolute atomic E-state index is 13.2. The number of morpholine rings is 1. The van der Waals surface area contributed by atoms with Crippen molar-refractivity contribution < 1.29 is 14.6 Å². The van der Waals surface area contributed by atoms with Crippen molar-refractivity contribution >= 4 is 17.5 Å². The Kier molecular flexibility index (Phi) is 6.69. The number of amides is 2. The van der Waals surface area contributed by atoms with E-state index < -0.39 is 0 Å². The molecule has 1 aromatic heterocycles. The lowest BCUT2D eigenvalue weighted by atomic mass is 9.94. The number of phenolic OH excluding ortho intramolecular Hbond substituents is 1. The monoisotopic (exact) mass is 410 g/mol. The summed E-state index contributed by atoms with van der Waals surface area (Å²) in [5, 5.41) is 13.2. The Balaban J connectivity index is 1.46. The zero-order valence-corrected chi connectivity index (χ0v) is 17.3. The lowest BCUT2D eigenvalue weighted by molar-refractivity contribution is 0.122. The normalized spacial score (nSPS) is 17.5. The van der Waals surface area contributed by atoms with E-state index in [4.69, 9.17) is 4.74 Å². The highest BCUT2D eigenvalue weighted by molar-refractivity contribution is 5.89. The smallest absolute Gasteiger partial charge is 0.322 e. The molecule has 1 saturated carbocycles. The van der Waals surface area contributed by atoms with Crippen LogP contribution in [0.4, 0.5) is 16.3 Å². The molecule has 160 valence electrons. The maximum atomic E-state index is 13.2. The van der Waals surface area contributed by atoms with Gasteiger partial charge in [0.25, 0.3) is 0 Å². The van der Waals surface area contributed by atoms with Gasteiger partial charge in [0, 0.05) is 24.7 Å². The number of urea groups is 1. The fraction of sp³-hybridized carbons (Fsp3) is 0.478. The third-order valence-corrected chi connectivity index (χ3v) is 5.94. The van der Waals surface area contributed by atoms with E-state index in [1.807, 2.05) is 29.2 Å². The Morgan fingerprint density at radius 3 is 2.60 bits per heavy atom. The molecule has 2 fully saturated rings. The third kappa shape index (κ3) is 5.02. The van der Waals surface area contributed by atoms with Crippen LogP contribution in [-0.2, 0) is 11.3 Å². The van der Waals surface area contributed by atoms with Crippen molar-refractivity contribution in [1.29, 1.82) is 0 Å². The number of anilines is 2. The molecule has 1 aliphatic heterocycles. The van der Waals surface area contributed by atoms with Gasteiger partial charge in [-0.15, -0.1) is 0 Å². The predicted molar refractivity (Wildman–Crippen MR) is 117 cm³/mol.